The molecule has 1 aromatic carbocycles. The van der Waals surface area contributed by atoms with Crippen LogP contribution in [-0.4, -0.2) is 29.1 Å². The molecule has 0 aromatic heterocycles. The van der Waals surface area contributed by atoms with Crippen LogP contribution < -0.4 is 21.5 Å². The third-order valence-electron chi connectivity index (χ3n) is 5.74. The van der Waals surface area contributed by atoms with Gasteiger partial charge in [-0.2, -0.15) is 0 Å². The quantitative estimate of drug-likeness (QED) is 0.634. The van der Waals surface area contributed by atoms with Crippen LogP contribution in [0.5, 0.6) is 0 Å². The monoisotopic (exact) mass is 392 g/mol. The zero-order chi connectivity index (χ0) is 19.8. The Bertz CT molecular complexity index is 657. The first-order valence-electron chi connectivity index (χ1n) is 9.90. The Kier molecular flexibility index (Phi) is 5.88. The molecule has 3 unspecified atom stereocenters. The molecule has 0 spiro atoms. The molecule has 0 radical (unpaired) electrons. The van der Waals surface area contributed by atoms with Gasteiger partial charge in [0.2, 0.25) is 5.91 Å². The number of hydrazine groups is 1. The molecule has 2 saturated heterocycles. The Hall–Kier alpha value is -1.14. The molecule has 27 heavy (non-hydrogen) atoms. The standard InChI is InChI=1S/C21H33ClN4O/c1-13-17(19(25-24-13)14-6-8-15(22)9-7-14)10-18(27)23-16-11-20(2,3)26-21(4,5)12-16/h6-9,13,16-17,19,24-26H,10-12H2,1-5H3,(H,23,27). The van der Waals surface area contributed by atoms with Crippen molar-refractivity contribution < 1.29 is 4.79 Å². The maximum Gasteiger partial charge on any atom is 0.220 e. The van der Waals surface area contributed by atoms with Crippen molar-refractivity contribution in [2.45, 2.75) is 83.1 Å². The zero-order valence-electron chi connectivity index (χ0n) is 17.0. The fraction of sp³-hybridized carbons (Fsp3) is 0.667. The van der Waals surface area contributed by atoms with E-state index in [1.807, 2.05) is 24.3 Å². The summed E-state index contributed by atoms with van der Waals surface area (Å²) in [5.41, 5.74) is 7.84. The average Bonchev–Trinajstić information content (AvgIpc) is 2.86. The summed E-state index contributed by atoms with van der Waals surface area (Å²) in [4.78, 5) is 12.9. The highest BCUT2D eigenvalue weighted by atomic mass is 35.5. The Morgan fingerprint density at radius 3 is 2.30 bits per heavy atom. The number of benzene rings is 1. The smallest absolute Gasteiger partial charge is 0.220 e. The second-order valence-electron chi connectivity index (χ2n) is 9.54. The van der Waals surface area contributed by atoms with Gasteiger partial charge >= 0.3 is 0 Å². The third-order valence-corrected chi connectivity index (χ3v) is 5.99. The van der Waals surface area contributed by atoms with Crippen LogP contribution in [0.1, 0.15) is 65.5 Å². The molecule has 5 nitrogen and oxygen atoms in total. The second kappa shape index (κ2) is 7.70. The number of hydrogen-bond donors (Lipinski definition) is 4. The molecule has 150 valence electrons. The molecule has 3 rings (SSSR count). The van der Waals surface area contributed by atoms with Crippen LogP contribution in [0.4, 0.5) is 0 Å². The molecule has 4 N–H and O–H groups in total. The third kappa shape index (κ3) is 5.23. The highest BCUT2D eigenvalue weighted by Crippen LogP contribution is 2.33. The summed E-state index contributed by atoms with van der Waals surface area (Å²) >= 11 is 6.02. The van der Waals surface area contributed by atoms with Gasteiger partial charge in [0.05, 0.1) is 6.04 Å². The number of carbonyl (C=O) groups excluding carboxylic acids is 1. The van der Waals surface area contributed by atoms with E-state index in [0.29, 0.717) is 6.42 Å². The van der Waals surface area contributed by atoms with Crippen LogP contribution in [0.25, 0.3) is 0 Å². The highest BCUT2D eigenvalue weighted by Gasteiger charge is 2.39. The molecule has 3 atom stereocenters. The van der Waals surface area contributed by atoms with Crippen LogP contribution in [0.2, 0.25) is 5.02 Å². The second-order valence-corrected chi connectivity index (χ2v) is 9.98. The van der Waals surface area contributed by atoms with Crippen molar-refractivity contribution in [3.63, 3.8) is 0 Å². The molecule has 2 heterocycles. The molecule has 2 aliphatic rings. The van der Waals surface area contributed by atoms with Crippen molar-refractivity contribution in [3.8, 4) is 0 Å². The van der Waals surface area contributed by atoms with Gasteiger partial charge in [0.25, 0.3) is 0 Å². The van der Waals surface area contributed by atoms with Crippen LogP contribution in [0, 0.1) is 5.92 Å². The minimum Gasteiger partial charge on any atom is -0.353 e. The van der Waals surface area contributed by atoms with Gasteiger partial charge in [0, 0.05) is 40.5 Å². The van der Waals surface area contributed by atoms with Gasteiger partial charge in [-0.3, -0.25) is 10.2 Å². The van der Waals surface area contributed by atoms with Gasteiger partial charge in [0.1, 0.15) is 0 Å². The summed E-state index contributed by atoms with van der Waals surface area (Å²) in [7, 11) is 0. The lowest BCUT2D eigenvalue weighted by atomic mass is 9.79. The Morgan fingerprint density at radius 1 is 1.11 bits per heavy atom. The maximum atomic E-state index is 12.9. The number of amides is 1. The molecule has 2 aliphatic heterocycles. The van der Waals surface area contributed by atoms with E-state index >= 15 is 0 Å². The summed E-state index contributed by atoms with van der Waals surface area (Å²) in [6.07, 6.45) is 2.39. The molecule has 1 amide bonds. The topological polar surface area (TPSA) is 65.2 Å². The minimum absolute atomic E-state index is 0.0231. The first kappa shape index (κ1) is 20.6. The number of piperidine rings is 1. The summed E-state index contributed by atoms with van der Waals surface area (Å²) < 4.78 is 0. The Labute approximate surface area is 168 Å². The van der Waals surface area contributed by atoms with E-state index in [0.717, 1.165) is 23.4 Å². The molecule has 6 heteroatoms. The average molecular weight is 393 g/mol. The van der Waals surface area contributed by atoms with Crippen molar-refractivity contribution in [1.82, 2.24) is 21.5 Å². The van der Waals surface area contributed by atoms with Crippen LogP contribution in [0.15, 0.2) is 24.3 Å². The van der Waals surface area contributed by atoms with Crippen molar-refractivity contribution in [1.29, 1.82) is 0 Å². The first-order valence-corrected chi connectivity index (χ1v) is 10.3. The molecule has 1 aromatic rings. The maximum absolute atomic E-state index is 12.9. The first-order chi connectivity index (χ1) is 12.5. The van der Waals surface area contributed by atoms with E-state index in [1.54, 1.807) is 0 Å². The van der Waals surface area contributed by atoms with Crippen molar-refractivity contribution >= 4 is 17.5 Å². The fourth-order valence-corrected chi connectivity index (χ4v) is 5.07. The van der Waals surface area contributed by atoms with Gasteiger partial charge in [0.15, 0.2) is 0 Å². The van der Waals surface area contributed by atoms with Crippen LogP contribution in [-0.2, 0) is 4.79 Å². The number of rotatable bonds is 4. The van der Waals surface area contributed by atoms with Crippen molar-refractivity contribution in [3.05, 3.63) is 34.9 Å². The highest BCUT2D eigenvalue weighted by molar-refractivity contribution is 6.30. The van der Waals surface area contributed by atoms with E-state index in [2.05, 4.69) is 56.1 Å². The summed E-state index contributed by atoms with van der Waals surface area (Å²) in [6.45, 7) is 10.9. The van der Waals surface area contributed by atoms with E-state index in [4.69, 9.17) is 11.6 Å². The van der Waals surface area contributed by atoms with E-state index in [9.17, 15) is 4.79 Å². The van der Waals surface area contributed by atoms with Gasteiger partial charge < -0.3 is 10.6 Å². The normalized spacial score (nSPS) is 30.2. The van der Waals surface area contributed by atoms with E-state index in [-0.39, 0.29) is 41.0 Å². The number of nitrogens with one attached hydrogen (secondary N) is 4. The van der Waals surface area contributed by atoms with Crippen molar-refractivity contribution in [2.75, 3.05) is 0 Å². The van der Waals surface area contributed by atoms with Crippen molar-refractivity contribution in [2.24, 2.45) is 5.92 Å². The molecule has 0 saturated carbocycles. The fourth-order valence-electron chi connectivity index (χ4n) is 4.94. The number of halogens is 1. The lowest BCUT2D eigenvalue weighted by Gasteiger charge is -2.46. The lowest BCUT2D eigenvalue weighted by molar-refractivity contribution is -0.123. The molecule has 0 aliphatic carbocycles. The zero-order valence-corrected chi connectivity index (χ0v) is 17.8. The summed E-state index contributed by atoms with van der Waals surface area (Å²) in [5.74, 6) is 0.323. The predicted octanol–water partition coefficient (Wildman–Crippen LogP) is 3.31. The van der Waals surface area contributed by atoms with Gasteiger partial charge in [-0.15, -0.1) is 0 Å². The van der Waals surface area contributed by atoms with E-state index in [1.165, 1.54) is 0 Å². The number of carbonyl (C=O) groups is 1. The van der Waals surface area contributed by atoms with Gasteiger partial charge in [-0.1, -0.05) is 23.7 Å². The summed E-state index contributed by atoms with van der Waals surface area (Å²) in [5, 5.41) is 7.69. The Balaban J connectivity index is 1.64. The minimum atomic E-state index is 0.0231. The molecular weight excluding hydrogens is 360 g/mol. The molecular formula is C21H33ClN4O. The predicted molar refractivity (Wildman–Crippen MR) is 110 cm³/mol. The molecule has 2 fully saturated rings. The largest absolute Gasteiger partial charge is 0.353 e. The SMILES string of the molecule is CC1NNC(c2ccc(Cl)cc2)C1CC(=O)NC1CC(C)(C)NC(C)(C)C1. The number of hydrogen-bond acceptors (Lipinski definition) is 4. The van der Waals surface area contributed by atoms with Crippen LogP contribution in [0.3, 0.4) is 0 Å². The Morgan fingerprint density at radius 2 is 1.70 bits per heavy atom. The van der Waals surface area contributed by atoms with E-state index < -0.39 is 0 Å². The van der Waals surface area contributed by atoms with Gasteiger partial charge in [-0.25, -0.2) is 5.43 Å². The molecule has 0 bridgehead atoms. The van der Waals surface area contributed by atoms with Crippen LogP contribution >= 0.6 is 11.6 Å². The lowest BCUT2D eigenvalue weighted by Crippen LogP contribution is -2.62. The van der Waals surface area contributed by atoms with Gasteiger partial charge in [-0.05, 0) is 65.2 Å². The summed E-state index contributed by atoms with van der Waals surface area (Å²) in [6, 6.07) is 8.39.